The van der Waals surface area contributed by atoms with Crippen molar-refractivity contribution in [1.29, 1.82) is 0 Å². The fraction of sp³-hybridized carbons (Fsp3) is 0.692. The number of nitrogen functional groups attached to an aromatic ring is 1. The smallest absolute Gasteiger partial charge is 0.220 e. The van der Waals surface area contributed by atoms with E-state index in [0.29, 0.717) is 11.4 Å². The Labute approximate surface area is 103 Å². The summed E-state index contributed by atoms with van der Waals surface area (Å²) >= 11 is 0. The molecule has 0 bridgehead atoms. The molecule has 2 N–H and O–H groups in total. The molecule has 1 aliphatic heterocycles. The Morgan fingerprint density at radius 3 is 2.71 bits per heavy atom. The summed E-state index contributed by atoms with van der Waals surface area (Å²) in [5.74, 6) is 0.373. The van der Waals surface area contributed by atoms with Crippen molar-refractivity contribution in [2.45, 2.75) is 39.7 Å². The van der Waals surface area contributed by atoms with E-state index in [1.807, 2.05) is 6.07 Å². The number of rotatable bonds is 3. The number of likely N-dealkylation sites (tertiary alicyclic amines) is 1. The van der Waals surface area contributed by atoms with Crippen molar-refractivity contribution in [1.82, 2.24) is 14.9 Å². The molecule has 0 aliphatic carbocycles. The molecule has 0 saturated carbocycles. The summed E-state index contributed by atoms with van der Waals surface area (Å²) in [5, 5.41) is 0. The monoisotopic (exact) mass is 234 g/mol. The molecule has 1 aliphatic rings. The largest absolute Gasteiger partial charge is 0.368 e. The van der Waals surface area contributed by atoms with Crippen molar-refractivity contribution in [3.05, 3.63) is 18.0 Å². The average molecular weight is 234 g/mol. The third-order valence-electron chi connectivity index (χ3n) is 4.03. The van der Waals surface area contributed by atoms with E-state index < -0.39 is 0 Å². The van der Waals surface area contributed by atoms with Crippen molar-refractivity contribution in [2.75, 3.05) is 18.8 Å². The van der Waals surface area contributed by atoms with Gasteiger partial charge in [-0.25, -0.2) is 9.97 Å². The highest BCUT2D eigenvalue weighted by molar-refractivity contribution is 5.17. The molecule has 2 rings (SSSR count). The lowest BCUT2D eigenvalue weighted by Crippen LogP contribution is -2.38. The summed E-state index contributed by atoms with van der Waals surface area (Å²) in [6, 6.07) is 1.95. The van der Waals surface area contributed by atoms with Gasteiger partial charge in [-0.2, -0.15) is 0 Å². The van der Waals surface area contributed by atoms with Gasteiger partial charge in [-0.05, 0) is 37.4 Å². The van der Waals surface area contributed by atoms with Crippen LogP contribution in [0, 0.1) is 5.41 Å². The van der Waals surface area contributed by atoms with E-state index in [0.717, 1.165) is 25.3 Å². The predicted molar refractivity (Wildman–Crippen MR) is 69.4 cm³/mol. The van der Waals surface area contributed by atoms with Crippen LogP contribution in [0.15, 0.2) is 12.3 Å². The van der Waals surface area contributed by atoms with Crippen LogP contribution >= 0.6 is 0 Å². The molecule has 0 amide bonds. The Kier molecular flexibility index (Phi) is 3.62. The van der Waals surface area contributed by atoms with E-state index in [1.54, 1.807) is 6.20 Å². The number of aromatic nitrogens is 2. The Balaban J connectivity index is 1.90. The summed E-state index contributed by atoms with van der Waals surface area (Å²) in [6.07, 6.45) is 5.58. The molecule has 0 radical (unpaired) electrons. The number of anilines is 1. The summed E-state index contributed by atoms with van der Waals surface area (Å²) in [6.45, 7) is 7.91. The van der Waals surface area contributed by atoms with Crippen LogP contribution in [0.2, 0.25) is 0 Å². The first-order valence-corrected chi connectivity index (χ1v) is 6.41. The molecular formula is C13H22N4. The first kappa shape index (κ1) is 12.3. The van der Waals surface area contributed by atoms with Gasteiger partial charge in [0.25, 0.3) is 0 Å². The molecule has 1 saturated heterocycles. The Hall–Kier alpha value is -1.16. The first-order valence-electron chi connectivity index (χ1n) is 6.41. The van der Waals surface area contributed by atoms with Crippen LogP contribution in [0.3, 0.4) is 0 Å². The third-order valence-corrected chi connectivity index (χ3v) is 4.03. The minimum Gasteiger partial charge on any atom is -0.368 e. The quantitative estimate of drug-likeness (QED) is 0.870. The molecule has 17 heavy (non-hydrogen) atoms. The third kappa shape index (κ3) is 3.16. The highest BCUT2D eigenvalue weighted by Gasteiger charge is 2.28. The minimum absolute atomic E-state index is 0.373. The van der Waals surface area contributed by atoms with Crippen molar-refractivity contribution in [3.63, 3.8) is 0 Å². The lowest BCUT2D eigenvalue weighted by molar-refractivity contribution is 0.109. The highest BCUT2D eigenvalue weighted by Crippen LogP contribution is 2.34. The van der Waals surface area contributed by atoms with E-state index >= 15 is 0 Å². The van der Waals surface area contributed by atoms with E-state index in [-0.39, 0.29) is 0 Å². The summed E-state index contributed by atoms with van der Waals surface area (Å²) < 4.78 is 0. The number of nitrogens with two attached hydrogens (primary N) is 1. The highest BCUT2D eigenvalue weighted by atomic mass is 15.1. The van der Waals surface area contributed by atoms with Gasteiger partial charge in [0.15, 0.2) is 0 Å². The van der Waals surface area contributed by atoms with E-state index in [2.05, 4.69) is 28.7 Å². The molecule has 94 valence electrons. The normalized spacial score (nSPS) is 20.4. The zero-order valence-electron chi connectivity index (χ0n) is 10.8. The molecule has 4 heteroatoms. The Bertz CT molecular complexity index is 369. The topological polar surface area (TPSA) is 55.0 Å². The van der Waals surface area contributed by atoms with Gasteiger partial charge < -0.3 is 5.73 Å². The molecule has 4 nitrogen and oxygen atoms in total. The molecule has 1 aromatic rings. The Morgan fingerprint density at radius 2 is 2.12 bits per heavy atom. The van der Waals surface area contributed by atoms with Gasteiger partial charge in [0.2, 0.25) is 5.95 Å². The summed E-state index contributed by atoms with van der Waals surface area (Å²) in [4.78, 5) is 10.6. The SMILES string of the molecule is CCC1(C)CCN(Cc2ccnc(N)n2)CC1. The van der Waals surface area contributed by atoms with Crippen molar-refractivity contribution in [2.24, 2.45) is 5.41 Å². The second-order valence-corrected chi connectivity index (χ2v) is 5.35. The zero-order valence-corrected chi connectivity index (χ0v) is 10.8. The van der Waals surface area contributed by atoms with Crippen LogP contribution in [0.5, 0.6) is 0 Å². The van der Waals surface area contributed by atoms with Gasteiger partial charge in [0, 0.05) is 12.7 Å². The van der Waals surface area contributed by atoms with Gasteiger partial charge in [-0.15, -0.1) is 0 Å². The average Bonchev–Trinajstić information content (AvgIpc) is 2.33. The van der Waals surface area contributed by atoms with E-state index in [1.165, 1.54) is 19.3 Å². The number of hydrogen-bond donors (Lipinski definition) is 1. The molecular weight excluding hydrogens is 212 g/mol. The number of piperidine rings is 1. The van der Waals surface area contributed by atoms with Gasteiger partial charge in [-0.3, -0.25) is 4.90 Å². The van der Waals surface area contributed by atoms with Gasteiger partial charge >= 0.3 is 0 Å². The van der Waals surface area contributed by atoms with Crippen LogP contribution in [0.1, 0.15) is 38.8 Å². The second-order valence-electron chi connectivity index (χ2n) is 5.35. The van der Waals surface area contributed by atoms with Gasteiger partial charge in [0.1, 0.15) is 0 Å². The Morgan fingerprint density at radius 1 is 1.41 bits per heavy atom. The predicted octanol–water partition coefficient (Wildman–Crippen LogP) is 2.07. The van der Waals surface area contributed by atoms with E-state index in [9.17, 15) is 0 Å². The fourth-order valence-electron chi connectivity index (χ4n) is 2.33. The first-order chi connectivity index (χ1) is 8.11. The maximum atomic E-state index is 5.59. The molecule has 1 fully saturated rings. The standard InChI is InChI=1S/C13H22N4/c1-3-13(2)5-8-17(9-6-13)10-11-4-7-15-12(14)16-11/h4,7H,3,5-6,8-10H2,1-2H3,(H2,14,15,16). The lowest BCUT2D eigenvalue weighted by Gasteiger charge is -2.38. The fourth-order valence-corrected chi connectivity index (χ4v) is 2.33. The van der Waals surface area contributed by atoms with Crippen LogP contribution in [-0.2, 0) is 6.54 Å². The minimum atomic E-state index is 0.373. The zero-order chi connectivity index (χ0) is 12.3. The van der Waals surface area contributed by atoms with Crippen LogP contribution in [0.25, 0.3) is 0 Å². The molecule has 0 spiro atoms. The van der Waals surface area contributed by atoms with Crippen LogP contribution in [0.4, 0.5) is 5.95 Å². The number of nitrogens with zero attached hydrogens (tertiary/aromatic N) is 3. The maximum Gasteiger partial charge on any atom is 0.220 e. The lowest BCUT2D eigenvalue weighted by atomic mass is 9.78. The van der Waals surface area contributed by atoms with Gasteiger partial charge in [-0.1, -0.05) is 20.3 Å². The summed E-state index contributed by atoms with van der Waals surface area (Å²) in [7, 11) is 0. The molecule has 1 aromatic heterocycles. The van der Waals surface area contributed by atoms with Crippen molar-refractivity contribution < 1.29 is 0 Å². The van der Waals surface area contributed by atoms with Gasteiger partial charge in [0.05, 0.1) is 5.69 Å². The van der Waals surface area contributed by atoms with E-state index in [4.69, 9.17) is 5.73 Å². The van der Waals surface area contributed by atoms with Crippen LogP contribution < -0.4 is 5.73 Å². The summed E-state index contributed by atoms with van der Waals surface area (Å²) in [5.41, 5.74) is 7.16. The number of hydrogen-bond acceptors (Lipinski definition) is 4. The molecule has 0 unspecified atom stereocenters. The second kappa shape index (κ2) is 5.00. The maximum absolute atomic E-state index is 5.59. The van der Waals surface area contributed by atoms with Crippen LogP contribution in [-0.4, -0.2) is 28.0 Å². The molecule has 2 heterocycles. The molecule has 0 atom stereocenters. The van der Waals surface area contributed by atoms with Crippen molar-refractivity contribution in [3.8, 4) is 0 Å². The molecule has 0 aromatic carbocycles. The van der Waals surface area contributed by atoms with Crippen molar-refractivity contribution >= 4 is 5.95 Å².